The summed E-state index contributed by atoms with van der Waals surface area (Å²) in [6.45, 7) is 0.789. The second-order valence-electron chi connectivity index (χ2n) is 8.09. The Hall–Kier alpha value is -3.03. The zero-order valence-corrected chi connectivity index (χ0v) is 17.6. The molecule has 0 spiro atoms. The molecule has 2 aliphatic rings. The highest BCUT2D eigenvalue weighted by molar-refractivity contribution is 5.77. The molecule has 8 nitrogen and oxygen atoms in total. The van der Waals surface area contributed by atoms with Crippen LogP contribution in [0.5, 0.6) is 0 Å². The van der Waals surface area contributed by atoms with E-state index in [-0.39, 0.29) is 0 Å². The van der Waals surface area contributed by atoms with Gasteiger partial charge in [-0.2, -0.15) is 5.10 Å². The van der Waals surface area contributed by atoms with Gasteiger partial charge in [-0.3, -0.25) is 0 Å². The van der Waals surface area contributed by atoms with Gasteiger partial charge in [0.15, 0.2) is 0 Å². The van der Waals surface area contributed by atoms with E-state index in [1.54, 1.807) is 17.2 Å². The number of hydrogen-bond donors (Lipinski definition) is 1. The van der Waals surface area contributed by atoms with Crippen LogP contribution in [0, 0.1) is 5.92 Å². The SMILES string of the molecule is CN(/C=N\N=C\c1cccc(NCC/C=C/n2cc(CCC3CC3)nn2)n1)C1CC1. The molecule has 1 N–H and O–H groups in total. The summed E-state index contributed by atoms with van der Waals surface area (Å²) >= 11 is 0. The van der Waals surface area contributed by atoms with Crippen LogP contribution in [0.1, 0.15) is 49.9 Å². The molecular formula is C22H30N8. The fourth-order valence-corrected chi connectivity index (χ4v) is 3.13. The topological polar surface area (TPSA) is 83.6 Å². The Balaban J connectivity index is 1.16. The zero-order chi connectivity index (χ0) is 20.6. The zero-order valence-electron chi connectivity index (χ0n) is 17.6. The molecule has 2 saturated carbocycles. The van der Waals surface area contributed by atoms with Crippen LogP contribution in [0.2, 0.25) is 0 Å². The van der Waals surface area contributed by atoms with Crippen molar-refractivity contribution in [1.82, 2.24) is 24.9 Å². The first-order valence-corrected chi connectivity index (χ1v) is 10.8. The number of aromatic nitrogens is 4. The predicted octanol–water partition coefficient (Wildman–Crippen LogP) is 3.45. The van der Waals surface area contributed by atoms with Crippen molar-refractivity contribution in [3.05, 3.63) is 41.9 Å². The van der Waals surface area contributed by atoms with Crippen LogP contribution >= 0.6 is 0 Å². The molecule has 0 radical (unpaired) electrons. The van der Waals surface area contributed by atoms with Gasteiger partial charge in [0.05, 0.1) is 23.8 Å². The van der Waals surface area contributed by atoms with Gasteiger partial charge in [-0.05, 0) is 50.2 Å². The highest BCUT2D eigenvalue weighted by Gasteiger charge is 2.24. The number of anilines is 1. The molecule has 0 saturated heterocycles. The predicted molar refractivity (Wildman–Crippen MR) is 121 cm³/mol. The molecule has 158 valence electrons. The van der Waals surface area contributed by atoms with Crippen molar-refractivity contribution in [2.75, 3.05) is 18.9 Å². The lowest BCUT2D eigenvalue weighted by Crippen LogP contribution is -2.17. The molecule has 0 aliphatic heterocycles. The second kappa shape index (κ2) is 10.1. The van der Waals surface area contributed by atoms with Crippen molar-refractivity contribution in [1.29, 1.82) is 0 Å². The number of pyridine rings is 1. The molecule has 0 aromatic carbocycles. The molecule has 0 unspecified atom stereocenters. The molecule has 4 rings (SSSR count). The van der Waals surface area contributed by atoms with Crippen LogP contribution in [0.3, 0.4) is 0 Å². The maximum Gasteiger partial charge on any atom is 0.126 e. The van der Waals surface area contributed by atoms with Crippen LogP contribution in [-0.4, -0.2) is 57.1 Å². The van der Waals surface area contributed by atoms with Crippen molar-refractivity contribution in [2.45, 2.75) is 51.0 Å². The quantitative estimate of drug-likeness (QED) is 0.253. The Morgan fingerprint density at radius 1 is 1.23 bits per heavy atom. The van der Waals surface area contributed by atoms with Crippen molar-refractivity contribution in [2.24, 2.45) is 16.1 Å². The van der Waals surface area contributed by atoms with Crippen LogP contribution in [0.15, 0.2) is 40.7 Å². The van der Waals surface area contributed by atoms with Gasteiger partial charge in [-0.1, -0.05) is 30.2 Å². The van der Waals surface area contributed by atoms with Crippen LogP contribution in [0.4, 0.5) is 5.82 Å². The van der Waals surface area contributed by atoms with Crippen molar-refractivity contribution in [3.63, 3.8) is 0 Å². The third-order valence-electron chi connectivity index (χ3n) is 5.32. The summed E-state index contributed by atoms with van der Waals surface area (Å²) in [6.07, 6.45) is 17.9. The molecule has 0 bridgehead atoms. The molecule has 2 aliphatic carbocycles. The van der Waals surface area contributed by atoms with Gasteiger partial charge in [0.1, 0.15) is 12.2 Å². The molecule has 2 heterocycles. The molecule has 2 aromatic heterocycles. The fourth-order valence-electron chi connectivity index (χ4n) is 3.13. The summed E-state index contributed by atoms with van der Waals surface area (Å²) in [6, 6.07) is 6.47. The highest BCUT2D eigenvalue weighted by atomic mass is 15.4. The highest BCUT2D eigenvalue weighted by Crippen LogP contribution is 2.33. The van der Waals surface area contributed by atoms with E-state index in [0.29, 0.717) is 6.04 Å². The monoisotopic (exact) mass is 406 g/mol. The van der Waals surface area contributed by atoms with E-state index >= 15 is 0 Å². The van der Waals surface area contributed by atoms with Gasteiger partial charge < -0.3 is 10.2 Å². The van der Waals surface area contributed by atoms with E-state index < -0.39 is 0 Å². The largest absolute Gasteiger partial charge is 0.370 e. The number of hydrogen-bond acceptors (Lipinski definition) is 6. The molecule has 2 fully saturated rings. The van der Waals surface area contributed by atoms with E-state index in [0.717, 1.165) is 42.5 Å². The van der Waals surface area contributed by atoms with Crippen LogP contribution in [-0.2, 0) is 6.42 Å². The van der Waals surface area contributed by atoms with E-state index in [1.807, 2.05) is 37.6 Å². The molecule has 30 heavy (non-hydrogen) atoms. The molecule has 2 aromatic rings. The number of nitrogens with one attached hydrogen (secondary N) is 1. The lowest BCUT2D eigenvalue weighted by molar-refractivity contribution is 0.509. The first kappa shape index (κ1) is 20.3. The minimum atomic E-state index is 0.641. The van der Waals surface area contributed by atoms with Crippen molar-refractivity contribution in [3.8, 4) is 0 Å². The van der Waals surface area contributed by atoms with Gasteiger partial charge >= 0.3 is 0 Å². The van der Waals surface area contributed by atoms with Crippen LogP contribution < -0.4 is 5.32 Å². The number of aryl methyl sites for hydroxylation is 1. The molecule has 0 atom stereocenters. The summed E-state index contributed by atoms with van der Waals surface area (Å²) in [4.78, 5) is 6.64. The summed E-state index contributed by atoms with van der Waals surface area (Å²) in [5.41, 5.74) is 1.86. The van der Waals surface area contributed by atoms with E-state index in [1.165, 1.54) is 32.1 Å². The van der Waals surface area contributed by atoms with E-state index in [9.17, 15) is 0 Å². The molecule has 0 amide bonds. The Kier molecular flexibility index (Phi) is 6.84. The van der Waals surface area contributed by atoms with E-state index in [2.05, 4.69) is 41.8 Å². The number of nitrogens with zero attached hydrogens (tertiary/aromatic N) is 7. The van der Waals surface area contributed by atoms with Gasteiger partial charge in [-0.15, -0.1) is 10.2 Å². The second-order valence-corrected chi connectivity index (χ2v) is 8.09. The minimum absolute atomic E-state index is 0.641. The molecular weight excluding hydrogens is 376 g/mol. The summed E-state index contributed by atoms with van der Waals surface area (Å²) in [7, 11) is 2.03. The van der Waals surface area contributed by atoms with Gasteiger partial charge in [-0.25, -0.2) is 9.67 Å². The normalized spacial score (nSPS) is 16.8. The number of rotatable bonds is 12. The lowest BCUT2D eigenvalue weighted by Gasteiger charge is -2.08. The minimum Gasteiger partial charge on any atom is -0.370 e. The van der Waals surface area contributed by atoms with Crippen molar-refractivity contribution >= 4 is 24.6 Å². The Morgan fingerprint density at radius 2 is 2.13 bits per heavy atom. The first-order valence-electron chi connectivity index (χ1n) is 10.8. The Morgan fingerprint density at radius 3 is 2.97 bits per heavy atom. The Labute approximate surface area is 177 Å². The summed E-state index contributed by atoms with van der Waals surface area (Å²) < 4.78 is 1.79. The van der Waals surface area contributed by atoms with Crippen molar-refractivity contribution < 1.29 is 0 Å². The third kappa shape index (κ3) is 6.79. The van der Waals surface area contributed by atoms with Crippen LogP contribution in [0.25, 0.3) is 6.20 Å². The maximum absolute atomic E-state index is 4.54. The average Bonchev–Trinajstić information content (AvgIpc) is 3.69. The fraction of sp³-hybridized carbons (Fsp3) is 0.500. The summed E-state index contributed by atoms with van der Waals surface area (Å²) in [5, 5.41) is 19.9. The summed E-state index contributed by atoms with van der Waals surface area (Å²) in [5.74, 6) is 1.76. The third-order valence-corrected chi connectivity index (χ3v) is 5.32. The maximum atomic E-state index is 4.54. The van der Waals surface area contributed by atoms with Gasteiger partial charge in [0.25, 0.3) is 0 Å². The molecule has 8 heteroatoms. The first-order chi connectivity index (χ1) is 14.8. The van der Waals surface area contributed by atoms with Gasteiger partial charge in [0.2, 0.25) is 0 Å². The Bertz CT molecular complexity index is 892. The lowest BCUT2D eigenvalue weighted by atomic mass is 10.2. The standard InChI is InChI=1S/C22H30N8/c1-29(21-11-12-21)17-25-24-15-19-5-4-6-22(26-19)23-13-2-3-14-30-16-20(27-28-30)10-9-18-7-8-18/h3-6,14-18,21H,2,7-13H2,1H3,(H,23,26)/b14-3+,24-15+,25-17-. The van der Waals surface area contributed by atoms with E-state index in [4.69, 9.17) is 0 Å². The average molecular weight is 407 g/mol. The van der Waals surface area contributed by atoms with Gasteiger partial charge in [0, 0.05) is 25.8 Å². The smallest absolute Gasteiger partial charge is 0.126 e.